The van der Waals surface area contributed by atoms with Gasteiger partial charge in [-0.05, 0) is 18.9 Å². The predicted molar refractivity (Wildman–Crippen MR) is 108 cm³/mol. The Balaban J connectivity index is 2.12. The van der Waals surface area contributed by atoms with Crippen LogP contribution in [0.5, 0.6) is 11.5 Å². The molecule has 0 amide bonds. The van der Waals surface area contributed by atoms with Crippen molar-refractivity contribution in [3.05, 3.63) is 47.3 Å². The van der Waals surface area contributed by atoms with E-state index in [2.05, 4.69) is 0 Å². The largest absolute Gasteiger partial charge is 0.493 e. The lowest BCUT2D eigenvalue weighted by Crippen LogP contribution is -2.32. The van der Waals surface area contributed by atoms with Gasteiger partial charge in [0.1, 0.15) is 0 Å². The van der Waals surface area contributed by atoms with Gasteiger partial charge in [-0.15, -0.1) is 0 Å². The molecule has 2 heterocycles. The molecular weight excluding hydrogens is 390 g/mol. The number of esters is 2. The van der Waals surface area contributed by atoms with Gasteiger partial charge in [-0.2, -0.15) is 0 Å². The van der Waals surface area contributed by atoms with Crippen molar-refractivity contribution in [1.29, 1.82) is 0 Å². The molecule has 1 fully saturated rings. The molecule has 0 N–H and O–H groups in total. The summed E-state index contributed by atoms with van der Waals surface area (Å²) in [6.07, 6.45) is 5.33. The van der Waals surface area contributed by atoms with Gasteiger partial charge < -0.3 is 28.6 Å². The maximum absolute atomic E-state index is 12.7. The number of carbonyl (C=O) groups excluding carboxylic acids is 2. The van der Waals surface area contributed by atoms with Crippen LogP contribution >= 0.6 is 0 Å². The molecule has 2 aliphatic heterocycles. The molecule has 0 saturated carbocycles. The number of hydrogen-bond acceptors (Lipinski definition) is 8. The number of hydrogen-bond donors (Lipinski definition) is 0. The minimum Gasteiger partial charge on any atom is -0.493 e. The summed E-state index contributed by atoms with van der Waals surface area (Å²) in [4.78, 5) is 27.3. The summed E-state index contributed by atoms with van der Waals surface area (Å²) in [6, 6.07) is 5.31. The van der Waals surface area contributed by atoms with Crippen LogP contribution < -0.4 is 9.47 Å². The maximum Gasteiger partial charge on any atom is 0.336 e. The number of rotatable bonds is 7. The van der Waals surface area contributed by atoms with Crippen LogP contribution in [-0.4, -0.2) is 64.5 Å². The van der Waals surface area contributed by atoms with Crippen molar-refractivity contribution in [2.75, 3.05) is 41.6 Å². The smallest absolute Gasteiger partial charge is 0.336 e. The number of para-hydroxylation sites is 1. The van der Waals surface area contributed by atoms with Crippen molar-refractivity contribution in [2.24, 2.45) is 0 Å². The second-order valence-electron chi connectivity index (χ2n) is 7.00. The van der Waals surface area contributed by atoms with E-state index in [-0.39, 0.29) is 6.10 Å². The van der Waals surface area contributed by atoms with Gasteiger partial charge in [0.15, 0.2) is 11.5 Å². The first kappa shape index (κ1) is 21.7. The van der Waals surface area contributed by atoms with Crippen LogP contribution in [0.2, 0.25) is 0 Å². The molecule has 0 unspecified atom stereocenters. The van der Waals surface area contributed by atoms with Crippen LogP contribution in [0.3, 0.4) is 0 Å². The number of nitrogens with zero attached hydrogens (tertiary/aromatic N) is 1. The first-order valence-electron chi connectivity index (χ1n) is 9.72. The zero-order valence-corrected chi connectivity index (χ0v) is 17.7. The minimum absolute atomic E-state index is 0.0261. The molecule has 0 aromatic heterocycles. The molecule has 8 nitrogen and oxygen atoms in total. The second-order valence-corrected chi connectivity index (χ2v) is 7.00. The predicted octanol–water partition coefficient (Wildman–Crippen LogP) is 2.40. The molecule has 1 atom stereocenters. The summed E-state index contributed by atoms with van der Waals surface area (Å²) < 4.78 is 26.7. The SMILES string of the molecule is COC(=O)C1=CN(C[C@@H]2CCCO2)C=C(C(=O)OC)C1c1cccc(OC)c1OC. The third kappa shape index (κ3) is 4.28. The fourth-order valence-electron chi connectivity index (χ4n) is 3.89. The zero-order valence-electron chi connectivity index (χ0n) is 17.7. The van der Waals surface area contributed by atoms with Crippen LogP contribution in [0.4, 0.5) is 0 Å². The van der Waals surface area contributed by atoms with Gasteiger partial charge >= 0.3 is 11.9 Å². The third-order valence-corrected chi connectivity index (χ3v) is 5.26. The quantitative estimate of drug-likeness (QED) is 0.626. The van der Waals surface area contributed by atoms with E-state index in [9.17, 15) is 9.59 Å². The first-order valence-corrected chi connectivity index (χ1v) is 9.72. The highest BCUT2D eigenvalue weighted by Gasteiger charge is 2.38. The molecule has 1 aromatic carbocycles. The first-order chi connectivity index (χ1) is 14.5. The monoisotopic (exact) mass is 417 g/mol. The van der Waals surface area contributed by atoms with Gasteiger partial charge in [0, 0.05) is 31.1 Å². The molecule has 1 saturated heterocycles. The fourth-order valence-corrected chi connectivity index (χ4v) is 3.89. The Hall–Kier alpha value is -3.00. The van der Waals surface area contributed by atoms with Crippen molar-refractivity contribution in [2.45, 2.75) is 24.9 Å². The number of carbonyl (C=O) groups is 2. The van der Waals surface area contributed by atoms with Crippen LogP contribution in [0, 0.1) is 0 Å². The molecule has 3 rings (SSSR count). The van der Waals surface area contributed by atoms with Crippen molar-refractivity contribution < 1.29 is 33.3 Å². The highest BCUT2D eigenvalue weighted by molar-refractivity contribution is 5.99. The standard InChI is InChI=1S/C22H27NO7/c1-26-18-9-5-8-15(20(18)27-2)19-16(21(24)28-3)12-23(11-14-7-6-10-30-14)13-17(19)22(25)29-4/h5,8-9,12-14,19H,6-7,10-11H2,1-4H3/t14-/m0/s1. The van der Waals surface area contributed by atoms with Crippen LogP contribution in [0.15, 0.2) is 41.7 Å². The number of ether oxygens (including phenoxy) is 5. The molecule has 2 aliphatic rings. The lowest BCUT2D eigenvalue weighted by atomic mass is 9.82. The third-order valence-electron chi connectivity index (χ3n) is 5.26. The van der Waals surface area contributed by atoms with E-state index in [1.54, 1.807) is 35.5 Å². The van der Waals surface area contributed by atoms with Gasteiger partial charge in [-0.1, -0.05) is 12.1 Å². The number of methoxy groups -OCH3 is 4. The molecule has 30 heavy (non-hydrogen) atoms. The topological polar surface area (TPSA) is 83.5 Å². The summed E-state index contributed by atoms with van der Waals surface area (Å²) in [5.74, 6) is -0.906. The number of benzene rings is 1. The van der Waals surface area contributed by atoms with Crippen molar-refractivity contribution in [3.8, 4) is 11.5 Å². The van der Waals surface area contributed by atoms with E-state index in [4.69, 9.17) is 23.7 Å². The van der Waals surface area contributed by atoms with E-state index < -0.39 is 17.9 Å². The molecule has 0 aliphatic carbocycles. The molecule has 0 bridgehead atoms. The van der Waals surface area contributed by atoms with Gasteiger partial charge in [0.2, 0.25) is 0 Å². The van der Waals surface area contributed by atoms with Gasteiger partial charge in [0.05, 0.1) is 51.6 Å². The summed E-state index contributed by atoms with van der Waals surface area (Å²) in [5, 5.41) is 0. The minimum atomic E-state index is -0.740. The Bertz CT molecular complexity index is 821. The van der Waals surface area contributed by atoms with Crippen molar-refractivity contribution in [1.82, 2.24) is 4.90 Å². The van der Waals surface area contributed by atoms with Gasteiger partial charge in [-0.3, -0.25) is 0 Å². The zero-order chi connectivity index (χ0) is 21.7. The van der Waals surface area contributed by atoms with Crippen LogP contribution in [0.1, 0.15) is 24.3 Å². The highest BCUT2D eigenvalue weighted by Crippen LogP contribution is 2.44. The Morgan fingerprint density at radius 2 is 1.70 bits per heavy atom. The van der Waals surface area contributed by atoms with Crippen molar-refractivity contribution >= 4 is 11.9 Å². The lowest BCUT2D eigenvalue weighted by Gasteiger charge is -2.31. The average molecular weight is 417 g/mol. The normalized spacial score (nSPS) is 19.1. The Kier molecular flexibility index (Phi) is 6.99. The Labute approximate surface area is 176 Å². The summed E-state index contributed by atoms with van der Waals surface area (Å²) in [7, 11) is 5.66. The van der Waals surface area contributed by atoms with Crippen molar-refractivity contribution in [3.63, 3.8) is 0 Å². The molecule has 8 heteroatoms. The maximum atomic E-state index is 12.7. The molecule has 1 aromatic rings. The highest BCUT2D eigenvalue weighted by atomic mass is 16.5. The molecule has 162 valence electrons. The molecule has 0 radical (unpaired) electrons. The van der Waals surface area contributed by atoms with E-state index in [0.29, 0.717) is 41.4 Å². The Morgan fingerprint density at radius 3 is 2.20 bits per heavy atom. The molecular formula is C22H27NO7. The second kappa shape index (κ2) is 9.67. The van der Waals surface area contributed by atoms with E-state index in [1.165, 1.54) is 28.4 Å². The summed E-state index contributed by atoms with van der Waals surface area (Å²) in [5.41, 5.74) is 1.19. The molecule has 0 spiro atoms. The van der Waals surface area contributed by atoms with Crippen LogP contribution in [-0.2, 0) is 23.8 Å². The van der Waals surface area contributed by atoms with E-state index >= 15 is 0 Å². The van der Waals surface area contributed by atoms with Gasteiger partial charge in [0.25, 0.3) is 0 Å². The van der Waals surface area contributed by atoms with E-state index in [1.807, 2.05) is 0 Å². The van der Waals surface area contributed by atoms with E-state index in [0.717, 1.165) is 12.8 Å². The Morgan fingerprint density at radius 1 is 1.03 bits per heavy atom. The fraction of sp³-hybridized carbons (Fsp3) is 0.455. The lowest BCUT2D eigenvalue weighted by molar-refractivity contribution is -0.137. The van der Waals surface area contributed by atoms with Crippen LogP contribution in [0.25, 0.3) is 0 Å². The van der Waals surface area contributed by atoms with Gasteiger partial charge in [-0.25, -0.2) is 9.59 Å². The average Bonchev–Trinajstić information content (AvgIpc) is 3.29. The summed E-state index contributed by atoms with van der Waals surface area (Å²) >= 11 is 0. The summed E-state index contributed by atoms with van der Waals surface area (Å²) in [6.45, 7) is 1.23.